The van der Waals surface area contributed by atoms with E-state index in [1.807, 2.05) is 10.7 Å². The minimum absolute atomic E-state index is 0.558. The van der Waals surface area contributed by atoms with Crippen LogP contribution in [0.2, 0.25) is 0 Å². The zero-order valence-corrected chi connectivity index (χ0v) is 30.0. The molecule has 0 fully saturated rings. The predicted octanol–water partition coefficient (Wildman–Crippen LogP) is 8.14. The fraction of sp³-hybridized carbons (Fsp3) is 0.0204. The Hall–Kier alpha value is -6.62. The first-order chi connectivity index (χ1) is 26.3. The van der Waals surface area contributed by atoms with E-state index in [0.717, 1.165) is 11.2 Å². The molecule has 0 spiro atoms. The second-order valence-corrected chi connectivity index (χ2v) is 17.6. The Morgan fingerprint density at radius 1 is 0.396 bits per heavy atom. The van der Waals surface area contributed by atoms with Crippen molar-refractivity contribution in [2.75, 3.05) is 0 Å². The van der Waals surface area contributed by atoms with Crippen LogP contribution in [0.15, 0.2) is 213 Å². The minimum atomic E-state index is -2.60. The number of hydrogen-bond acceptors (Lipinski definition) is 2. The summed E-state index contributed by atoms with van der Waals surface area (Å²) in [6, 6.07) is 73.8. The molecule has 3 nitrogen and oxygen atoms in total. The Balaban J connectivity index is 1.12. The van der Waals surface area contributed by atoms with Crippen molar-refractivity contribution in [3.63, 3.8) is 0 Å². The molecule has 0 saturated heterocycles. The second-order valence-electron chi connectivity index (χ2n) is 13.8. The monoisotopic (exact) mass is 693 g/mol. The van der Waals surface area contributed by atoms with Crippen LogP contribution in [0.3, 0.4) is 0 Å². The molecule has 7 aromatic carbocycles. The molecular formula is C49H35N3Si. The molecule has 0 N–H and O–H groups in total. The second kappa shape index (κ2) is 12.6. The molecule has 10 rings (SSSR count). The van der Waals surface area contributed by atoms with Gasteiger partial charge in [-0.05, 0) is 65.8 Å². The first-order valence-electron chi connectivity index (χ1n) is 18.2. The van der Waals surface area contributed by atoms with Gasteiger partial charge in [0, 0.05) is 11.8 Å². The van der Waals surface area contributed by atoms with E-state index in [0.29, 0.717) is 0 Å². The van der Waals surface area contributed by atoms with Gasteiger partial charge in [0.2, 0.25) is 0 Å². The van der Waals surface area contributed by atoms with Gasteiger partial charge in [0.1, 0.15) is 6.33 Å². The number of benzene rings is 7. The van der Waals surface area contributed by atoms with Crippen molar-refractivity contribution in [1.82, 2.24) is 14.6 Å². The van der Waals surface area contributed by atoms with Gasteiger partial charge in [-0.2, -0.15) is 5.10 Å². The SMILES string of the molecule is c1ccc([Si](c2ccccc2)(c2ccccc2)c2ccc(-c3ccc(C4(c5cccn6ncnc56)c5ccccc5-c5ccccc54)cc3)cc2)cc1. The highest BCUT2D eigenvalue weighted by molar-refractivity contribution is 7.19. The molecule has 9 aromatic rings. The zero-order chi connectivity index (χ0) is 35.2. The van der Waals surface area contributed by atoms with Crippen molar-refractivity contribution in [2.24, 2.45) is 0 Å². The molecule has 0 aliphatic heterocycles. The molecule has 1 aliphatic carbocycles. The van der Waals surface area contributed by atoms with Crippen molar-refractivity contribution in [1.29, 1.82) is 0 Å². The van der Waals surface area contributed by atoms with E-state index in [1.165, 1.54) is 59.7 Å². The number of aromatic nitrogens is 3. The maximum absolute atomic E-state index is 4.79. The standard InChI is InChI=1S/C49H35N3Si/c1-4-15-39(16-5-1)53(40-17-6-2-7-18-40,41-19-8-3-9-20-41)42-32-28-37(29-33-42)36-26-30-38(31-27-36)49(47-25-14-34-52-48(47)50-35-51-52)45-23-12-10-21-43(45)44-22-11-13-24-46(44)49/h1-35H. The summed E-state index contributed by atoms with van der Waals surface area (Å²) in [5.41, 5.74) is 10.0. The third kappa shape index (κ3) is 4.66. The fourth-order valence-corrected chi connectivity index (χ4v) is 13.8. The minimum Gasteiger partial charge on any atom is -0.221 e. The van der Waals surface area contributed by atoms with Gasteiger partial charge < -0.3 is 0 Å². The van der Waals surface area contributed by atoms with Crippen molar-refractivity contribution < 1.29 is 0 Å². The zero-order valence-electron chi connectivity index (χ0n) is 29.0. The summed E-state index contributed by atoms with van der Waals surface area (Å²) in [5.74, 6) is 0. The Morgan fingerprint density at radius 2 is 0.830 bits per heavy atom. The summed E-state index contributed by atoms with van der Waals surface area (Å²) in [6.07, 6.45) is 3.63. The average molecular weight is 694 g/mol. The van der Waals surface area contributed by atoms with Crippen molar-refractivity contribution >= 4 is 34.5 Å². The quantitative estimate of drug-likeness (QED) is 0.125. The topological polar surface area (TPSA) is 30.2 Å². The van der Waals surface area contributed by atoms with E-state index in [2.05, 4.69) is 205 Å². The third-order valence-electron chi connectivity index (χ3n) is 11.3. The number of rotatable bonds is 7. The lowest BCUT2D eigenvalue weighted by atomic mass is 9.67. The summed E-state index contributed by atoms with van der Waals surface area (Å²) in [7, 11) is -2.60. The first-order valence-corrected chi connectivity index (χ1v) is 20.2. The van der Waals surface area contributed by atoms with E-state index in [1.54, 1.807) is 6.33 Å². The van der Waals surface area contributed by atoms with Gasteiger partial charge in [-0.1, -0.05) is 194 Å². The summed E-state index contributed by atoms with van der Waals surface area (Å²) in [5, 5.41) is 10.0. The van der Waals surface area contributed by atoms with E-state index in [4.69, 9.17) is 4.98 Å². The van der Waals surface area contributed by atoms with Crippen LogP contribution in [0, 0.1) is 0 Å². The number of pyridine rings is 1. The molecule has 0 saturated carbocycles. The maximum atomic E-state index is 4.79. The van der Waals surface area contributed by atoms with Crippen LogP contribution in [0.25, 0.3) is 27.9 Å². The molecule has 0 radical (unpaired) electrons. The lowest BCUT2D eigenvalue weighted by Crippen LogP contribution is -2.74. The van der Waals surface area contributed by atoms with Gasteiger partial charge in [-0.25, -0.2) is 9.50 Å². The lowest BCUT2D eigenvalue weighted by Gasteiger charge is -2.34. The van der Waals surface area contributed by atoms with Crippen LogP contribution in [0.5, 0.6) is 0 Å². The molecule has 1 aliphatic rings. The highest BCUT2D eigenvalue weighted by Crippen LogP contribution is 2.56. The number of fused-ring (bicyclic) bond motifs is 4. The predicted molar refractivity (Wildman–Crippen MR) is 219 cm³/mol. The largest absolute Gasteiger partial charge is 0.221 e. The molecule has 53 heavy (non-hydrogen) atoms. The van der Waals surface area contributed by atoms with Gasteiger partial charge in [0.05, 0.1) is 5.41 Å². The summed E-state index contributed by atoms with van der Waals surface area (Å²) >= 11 is 0. The highest BCUT2D eigenvalue weighted by atomic mass is 28.3. The third-order valence-corrected chi connectivity index (χ3v) is 16.0. The Bertz CT molecular complexity index is 2560. The number of nitrogens with zero attached hydrogens (tertiary/aromatic N) is 3. The molecule has 250 valence electrons. The van der Waals surface area contributed by atoms with Crippen LogP contribution in [-0.2, 0) is 5.41 Å². The Morgan fingerprint density at radius 3 is 1.36 bits per heavy atom. The Labute approximate surface area is 310 Å². The van der Waals surface area contributed by atoms with Crippen LogP contribution < -0.4 is 20.7 Å². The van der Waals surface area contributed by atoms with Gasteiger partial charge in [0.15, 0.2) is 13.7 Å². The summed E-state index contributed by atoms with van der Waals surface area (Å²) < 4.78 is 1.89. The lowest BCUT2D eigenvalue weighted by molar-refractivity contribution is 0.764. The molecule has 0 unspecified atom stereocenters. The first kappa shape index (κ1) is 31.1. The number of hydrogen-bond donors (Lipinski definition) is 0. The van der Waals surface area contributed by atoms with Gasteiger partial charge in [-0.3, -0.25) is 0 Å². The molecule has 0 bridgehead atoms. The molecule has 0 amide bonds. The Kier molecular flexibility index (Phi) is 7.37. The van der Waals surface area contributed by atoms with Gasteiger partial charge in [-0.15, -0.1) is 0 Å². The van der Waals surface area contributed by atoms with E-state index < -0.39 is 13.5 Å². The molecule has 0 atom stereocenters. The summed E-state index contributed by atoms with van der Waals surface area (Å²) in [6.45, 7) is 0. The van der Waals surface area contributed by atoms with E-state index >= 15 is 0 Å². The van der Waals surface area contributed by atoms with Crippen LogP contribution >= 0.6 is 0 Å². The maximum Gasteiger partial charge on any atom is 0.179 e. The molecule has 4 heteroatoms. The average Bonchev–Trinajstić information content (AvgIpc) is 3.85. The van der Waals surface area contributed by atoms with E-state index in [-0.39, 0.29) is 0 Å². The fourth-order valence-electron chi connectivity index (χ4n) is 9.02. The van der Waals surface area contributed by atoms with Gasteiger partial charge >= 0.3 is 0 Å². The van der Waals surface area contributed by atoms with Gasteiger partial charge in [0.25, 0.3) is 0 Å². The molecular weight excluding hydrogens is 659 g/mol. The van der Waals surface area contributed by atoms with Crippen molar-refractivity contribution in [3.05, 3.63) is 235 Å². The summed E-state index contributed by atoms with van der Waals surface area (Å²) in [4.78, 5) is 4.79. The van der Waals surface area contributed by atoms with E-state index in [9.17, 15) is 0 Å². The van der Waals surface area contributed by atoms with Crippen LogP contribution in [-0.4, -0.2) is 22.7 Å². The van der Waals surface area contributed by atoms with Crippen LogP contribution in [0.1, 0.15) is 22.3 Å². The van der Waals surface area contributed by atoms with Crippen molar-refractivity contribution in [3.8, 4) is 22.3 Å². The molecule has 2 heterocycles. The smallest absolute Gasteiger partial charge is 0.179 e. The normalized spacial score (nSPS) is 13.1. The van der Waals surface area contributed by atoms with Crippen molar-refractivity contribution in [2.45, 2.75) is 5.41 Å². The van der Waals surface area contributed by atoms with Crippen LogP contribution in [0.4, 0.5) is 0 Å². The molecule has 2 aromatic heterocycles. The highest BCUT2D eigenvalue weighted by Gasteiger charge is 2.47.